The maximum absolute atomic E-state index is 11.7. The van der Waals surface area contributed by atoms with Gasteiger partial charge in [0, 0.05) is 32.7 Å². The van der Waals surface area contributed by atoms with Gasteiger partial charge in [-0.1, -0.05) is 0 Å². The van der Waals surface area contributed by atoms with Crippen molar-refractivity contribution in [3.63, 3.8) is 0 Å². The van der Waals surface area contributed by atoms with Crippen molar-refractivity contribution in [1.29, 1.82) is 0 Å². The Hall–Kier alpha value is -3.05. The summed E-state index contributed by atoms with van der Waals surface area (Å²) in [6.45, 7) is 6.84. The number of carbonyl (C=O) groups excluding carboxylic acids is 1. The van der Waals surface area contributed by atoms with Crippen LogP contribution in [-0.2, 0) is 9.59 Å². The maximum atomic E-state index is 11.7. The molecule has 0 radical (unpaired) electrons. The lowest BCUT2D eigenvalue weighted by atomic mass is 10.3. The number of aliphatic carboxylic acids is 2. The lowest BCUT2D eigenvalue weighted by Crippen LogP contribution is -2.43. The van der Waals surface area contributed by atoms with E-state index in [1.165, 1.54) is 12.1 Å². The second-order valence-corrected chi connectivity index (χ2v) is 5.68. The second kappa shape index (κ2) is 14.9. The van der Waals surface area contributed by atoms with E-state index in [2.05, 4.69) is 10.6 Å². The number of aliphatic hydroxyl groups excluding tert-OH is 1. The van der Waals surface area contributed by atoms with Gasteiger partial charge in [-0.25, -0.2) is 14.4 Å². The first-order chi connectivity index (χ1) is 13.7. The van der Waals surface area contributed by atoms with Crippen LogP contribution < -0.4 is 15.4 Å². The minimum Gasteiger partial charge on any atom is -0.508 e. The number of hydrogen-bond acceptors (Lipinski definition) is 7. The number of nitrogens with one attached hydrogen (secondary N) is 2. The highest BCUT2D eigenvalue weighted by atomic mass is 16.5. The summed E-state index contributed by atoms with van der Waals surface area (Å²) in [6, 6.07) is 6.25. The van der Waals surface area contributed by atoms with E-state index in [0.717, 1.165) is 0 Å². The number of carboxylic acids is 2. The van der Waals surface area contributed by atoms with Crippen molar-refractivity contribution in [2.75, 3.05) is 39.3 Å². The molecule has 6 N–H and O–H groups in total. The van der Waals surface area contributed by atoms with Crippen molar-refractivity contribution >= 4 is 18.0 Å². The number of ether oxygens (including phenoxy) is 1. The summed E-state index contributed by atoms with van der Waals surface area (Å²) in [4.78, 5) is 31.6. The summed E-state index contributed by atoms with van der Waals surface area (Å²) < 4.78 is 5.40. The van der Waals surface area contributed by atoms with Crippen molar-refractivity contribution in [2.45, 2.75) is 20.0 Å². The zero-order valence-electron chi connectivity index (χ0n) is 16.5. The van der Waals surface area contributed by atoms with E-state index in [1.807, 2.05) is 13.8 Å². The molecule has 0 aliphatic rings. The average Bonchev–Trinajstić information content (AvgIpc) is 2.68. The molecule has 0 spiro atoms. The molecular weight excluding hydrogens is 386 g/mol. The summed E-state index contributed by atoms with van der Waals surface area (Å²) in [5.41, 5.74) is 0. The van der Waals surface area contributed by atoms with Gasteiger partial charge in [0.05, 0.1) is 0 Å². The summed E-state index contributed by atoms with van der Waals surface area (Å²) in [5, 5.41) is 39.6. The predicted molar refractivity (Wildman–Crippen MR) is 104 cm³/mol. The Kier molecular flexibility index (Phi) is 13.4. The van der Waals surface area contributed by atoms with Gasteiger partial charge < -0.3 is 40.7 Å². The Balaban J connectivity index is 0.00000113. The lowest BCUT2D eigenvalue weighted by molar-refractivity contribution is -0.159. The van der Waals surface area contributed by atoms with E-state index < -0.39 is 18.0 Å². The van der Waals surface area contributed by atoms with Crippen LogP contribution in [0, 0.1) is 0 Å². The summed E-state index contributed by atoms with van der Waals surface area (Å²) in [5.74, 6) is -2.88. The van der Waals surface area contributed by atoms with Gasteiger partial charge in [0.2, 0.25) is 0 Å². The predicted octanol–water partition coefficient (Wildman–Crippen LogP) is -0.0715. The molecule has 0 heterocycles. The highest BCUT2D eigenvalue weighted by Crippen LogP contribution is 2.15. The zero-order valence-corrected chi connectivity index (χ0v) is 16.5. The maximum Gasteiger partial charge on any atom is 0.414 e. The number of aromatic hydroxyl groups is 1. The molecule has 11 nitrogen and oxygen atoms in total. The Labute approximate surface area is 168 Å². The van der Waals surface area contributed by atoms with Gasteiger partial charge in [0.25, 0.3) is 0 Å². The van der Waals surface area contributed by atoms with Gasteiger partial charge in [-0.05, 0) is 38.1 Å². The van der Waals surface area contributed by atoms with Gasteiger partial charge in [-0.3, -0.25) is 0 Å². The molecule has 29 heavy (non-hydrogen) atoms. The van der Waals surface area contributed by atoms with E-state index >= 15 is 0 Å². The Morgan fingerprint density at radius 2 is 1.59 bits per heavy atom. The molecule has 0 bridgehead atoms. The number of amides is 2. The quantitative estimate of drug-likeness (QED) is 0.226. The van der Waals surface area contributed by atoms with Crippen molar-refractivity contribution < 1.29 is 39.5 Å². The minimum absolute atomic E-state index is 0.0759. The normalized spacial score (nSPS) is 10.9. The smallest absolute Gasteiger partial charge is 0.414 e. The fraction of sp³-hybridized carbons (Fsp3) is 0.500. The molecule has 0 aliphatic carbocycles. The fourth-order valence-electron chi connectivity index (χ4n) is 1.94. The van der Waals surface area contributed by atoms with Crippen LogP contribution in [0.15, 0.2) is 24.3 Å². The van der Waals surface area contributed by atoms with Gasteiger partial charge in [0.15, 0.2) is 0 Å². The lowest BCUT2D eigenvalue weighted by Gasteiger charge is -2.19. The molecule has 11 heteroatoms. The molecular formula is C18H29N3O8. The number of carboxylic acid groups (broad SMARTS) is 2. The monoisotopic (exact) mass is 415 g/mol. The number of benzene rings is 1. The van der Waals surface area contributed by atoms with Crippen LogP contribution in [-0.4, -0.2) is 88.7 Å². The number of rotatable bonds is 10. The minimum atomic E-state index is -1.82. The van der Waals surface area contributed by atoms with Gasteiger partial charge in [-0.2, -0.15) is 0 Å². The first-order valence-electron chi connectivity index (χ1n) is 9.00. The van der Waals surface area contributed by atoms with Crippen LogP contribution in [0.1, 0.15) is 13.8 Å². The molecule has 2 amide bonds. The van der Waals surface area contributed by atoms with Crippen molar-refractivity contribution in [2.24, 2.45) is 0 Å². The number of phenols is 1. The van der Waals surface area contributed by atoms with Crippen molar-refractivity contribution in [1.82, 2.24) is 15.5 Å². The Bertz CT molecular complexity index is 608. The number of nitrogens with zero attached hydrogens (tertiary/aromatic N) is 1. The van der Waals surface area contributed by atoms with E-state index in [0.29, 0.717) is 38.5 Å². The molecule has 1 aromatic rings. The Morgan fingerprint density at radius 1 is 1.03 bits per heavy atom. The number of hydrogen-bond donors (Lipinski definition) is 6. The van der Waals surface area contributed by atoms with Gasteiger partial charge in [0.1, 0.15) is 24.2 Å². The molecule has 1 rings (SSSR count). The largest absolute Gasteiger partial charge is 0.508 e. The highest BCUT2D eigenvalue weighted by Gasteiger charge is 2.08. The SMILES string of the molecule is CCN(CC)C(=O)NCCNCC(O)COc1ccc(O)cc1.O=C(O)C(=O)O. The Morgan fingerprint density at radius 3 is 2.07 bits per heavy atom. The van der Waals surface area contributed by atoms with Crippen LogP contribution in [0.25, 0.3) is 0 Å². The third-order valence-corrected chi connectivity index (χ3v) is 3.47. The molecule has 0 aromatic heterocycles. The topological polar surface area (TPSA) is 169 Å². The van der Waals surface area contributed by atoms with Crippen molar-refractivity contribution in [3.8, 4) is 11.5 Å². The first-order valence-corrected chi connectivity index (χ1v) is 9.00. The molecule has 1 aromatic carbocycles. The van der Waals surface area contributed by atoms with Crippen LogP contribution >= 0.6 is 0 Å². The highest BCUT2D eigenvalue weighted by molar-refractivity contribution is 6.27. The van der Waals surface area contributed by atoms with Gasteiger partial charge in [-0.15, -0.1) is 0 Å². The molecule has 0 fully saturated rings. The molecule has 0 aliphatic heterocycles. The second-order valence-electron chi connectivity index (χ2n) is 5.68. The van der Waals surface area contributed by atoms with Crippen LogP contribution in [0.4, 0.5) is 4.79 Å². The molecule has 164 valence electrons. The molecule has 0 saturated carbocycles. The summed E-state index contributed by atoms with van der Waals surface area (Å²) in [6.07, 6.45) is -0.651. The van der Waals surface area contributed by atoms with Crippen LogP contribution in [0.3, 0.4) is 0 Å². The van der Waals surface area contributed by atoms with E-state index in [1.54, 1.807) is 17.0 Å². The third-order valence-electron chi connectivity index (χ3n) is 3.47. The average molecular weight is 415 g/mol. The summed E-state index contributed by atoms with van der Waals surface area (Å²) >= 11 is 0. The van der Waals surface area contributed by atoms with E-state index in [9.17, 15) is 9.90 Å². The van der Waals surface area contributed by atoms with E-state index in [4.69, 9.17) is 29.6 Å². The molecule has 1 atom stereocenters. The third kappa shape index (κ3) is 12.9. The zero-order chi connectivity index (χ0) is 22.2. The van der Waals surface area contributed by atoms with Gasteiger partial charge >= 0.3 is 18.0 Å². The van der Waals surface area contributed by atoms with E-state index in [-0.39, 0.29) is 18.4 Å². The summed E-state index contributed by atoms with van der Waals surface area (Å²) in [7, 11) is 0. The van der Waals surface area contributed by atoms with Crippen LogP contribution in [0.2, 0.25) is 0 Å². The van der Waals surface area contributed by atoms with Crippen LogP contribution in [0.5, 0.6) is 11.5 Å². The number of carbonyl (C=O) groups is 3. The number of phenolic OH excluding ortho intramolecular Hbond substituents is 1. The fourth-order valence-corrected chi connectivity index (χ4v) is 1.94. The number of aliphatic hydroxyl groups is 1. The molecule has 0 saturated heterocycles. The standard InChI is InChI=1S/C16H27N3O4.C2H2O4/c1-3-19(4-2)16(22)18-10-9-17-11-14(21)12-23-15-7-5-13(20)6-8-15;3-1(4)2(5)6/h5-8,14,17,20-21H,3-4,9-12H2,1-2H3,(H,18,22);(H,3,4)(H,5,6). The number of urea groups is 1. The van der Waals surface area contributed by atoms with Crippen molar-refractivity contribution in [3.05, 3.63) is 24.3 Å². The first kappa shape index (κ1) is 26.0. The molecule has 1 unspecified atom stereocenters.